The maximum Gasteiger partial charge on any atom is 0.335 e. The topological polar surface area (TPSA) is 92.7 Å². The predicted octanol–water partition coefficient (Wildman–Crippen LogP) is 3.48. The second-order valence-electron chi connectivity index (χ2n) is 8.74. The van der Waals surface area contributed by atoms with Gasteiger partial charge in [-0.25, -0.2) is 4.79 Å². The molecule has 1 saturated heterocycles. The molecule has 0 saturated carbocycles. The molecule has 2 rings (SSSR count). The number of rotatable bonds is 7. The molecule has 7 heteroatoms. The summed E-state index contributed by atoms with van der Waals surface area (Å²) in [7, 11) is -2.03. The number of β-lactam (4-membered cyclic amide) rings is 1. The number of hydrogen-bond donors (Lipinski definition) is 2. The fraction of sp³-hybridized carbons (Fsp3) is 0.550. The number of hydrogen-bond acceptors (Lipinski definition) is 4. The molecule has 3 atom stereocenters. The van der Waals surface area contributed by atoms with E-state index >= 15 is 0 Å². The van der Waals surface area contributed by atoms with Crippen LogP contribution in [0.4, 0.5) is 0 Å². The molecule has 2 N–H and O–H groups in total. The van der Waals surface area contributed by atoms with Gasteiger partial charge in [0, 0.05) is 12.0 Å². The highest BCUT2D eigenvalue weighted by molar-refractivity contribution is 6.74. The number of benzene rings is 1. The monoisotopic (exact) mass is 391 g/mol. The zero-order chi connectivity index (χ0) is 20.6. The van der Waals surface area contributed by atoms with Gasteiger partial charge in [-0.2, -0.15) is 0 Å². The third-order valence-electron chi connectivity index (χ3n) is 5.69. The van der Waals surface area contributed by atoms with Crippen LogP contribution in [-0.2, 0) is 9.22 Å². The number of carboxylic acids is 1. The van der Waals surface area contributed by atoms with Gasteiger partial charge in [0.2, 0.25) is 5.91 Å². The van der Waals surface area contributed by atoms with Crippen molar-refractivity contribution in [2.24, 2.45) is 5.92 Å². The Hall–Kier alpha value is -1.99. The van der Waals surface area contributed by atoms with Crippen molar-refractivity contribution < 1.29 is 23.9 Å². The van der Waals surface area contributed by atoms with Crippen molar-refractivity contribution in [3.8, 4) is 0 Å². The lowest BCUT2D eigenvalue weighted by Gasteiger charge is -2.45. The molecule has 1 fully saturated rings. The molecule has 0 radical (unpaired) electrons. The van der Waals surface area contributed by atoms with Crippen molar-refractivity contribution in [3.05, 3.63) is 35.4 Å². The second kappa shape index (κ2) is 7.56. The van der Waals surface area contributed by atoms with Gasteiger partial charge in [0.05, 0.1) is 23.6 Å². The molecule has 0 aromatic heterocycles. The maximum absolute atomic E-state index is 12.6. The number of Topliss-reactive ketones (excluding diaryl/α,β-unsaturated/α-hetero) is 1. The predicted molar refractivity (Wildman–Crippen MR) is 106 cm³/mol. The highest BCUT2D eigenvalue weighted by Gasteiger charge is 2.47. The number of amides is 1. The van der Waals surface area contributed by atoms with Crippen LogP contribution in [0.2, 0.25) is 18.1 Å². The molecule has 0 bridgehead atoms. The molecule has 6 nitrogen and oxygen atoms in total. The van der Waals surface area contributed by atoms with Gasteiger partial charge in [-0.05, 0) is 37.2 Å². The van der Waals surface area contributed by atoms with Gasteiger partial charge in [-0.3, -0.25) is 9.59 Å². The Morgan fingerprint density at radius 3 is 2.37 bits per heavy atom. The van der Waals surface area contributed by atoms with Crippen LogP contribution in [-0.4, -0.2) is 43.2 Å². The van der Waals surface area contributed by atoms with Crippen LogP contribution < -0.4 is 5.32 Å². The number of ketones is 1. The van der Waals surface area contributed by atoms with E-state index in [2.05, 4.69) is 39.2 Å². The maximum atomic E-state index is 12.6. The van der Waals surface area contributed by atoms with E-state index in [9.17, 15) is 14.4 Å². The Labute approximate surface area is 161 Å². The summed E-state index contributed by atoms with van der Waals surface area (Å²) >= 11 is 0. The lowest BCUT2D eigenvalue weighted by Crippen LogP contribution is -2.64. The zero-order valence-electron chi connectivity index (χ0n) is 16.8. The van der Waals surface area contributed by atoms with E-state index in [-0.39, 0.29) is 46.8 Å². The number of carboxylic acid groups (broad SMARTS) is 1. The molecule has 0 aliphatic carbocycles. The number of carbonyl (C=O) groups excluding carboxylic acids is 2. The third-order valence-corrected chi connectivity index (χ3v) is 10.3. The molecule has 0 spiro atoms. The van der Waals surface area contributed by atoms with E-state index in [1.807, 2.05) is 6.92 Å². The first-order valence-corrected chi connectivity index (χ1v) is 12.1. The van der Waals surface area contributed by atoms with Gasteiger partial charge in [0.1, 0.15) is 0 Å². The molecule has 1 amide bonds. The average molecular weight is 392 g/mol. The molecule has 0 unspecified atom stereocenters. The third kappa shape index (κ3) is 4.65. The normalized spacial score (nSPS) is 21.2. The summed E-state index contributed by atoms with van der Waals surface area (Å²) in [4.78, 5) is 35.8. The van der Waals surface area contributed by atoms with Crippen LogP contribution >= 0.6 is 0 Å². The van der Waals surface area contributed by atoms with E-state index in [4.69, 9.17) is 9.53 Å². The Morgan fingerprint density at radius 1 is 1.26 bits per heavy atom. The Kier molecular flexibility index (Phi) is 5.96. The minimum atomic E-state index is -2.03. The van der Waals surface area contributed by atoms with Gasteiger partial charge < -0.3 is 14.8 Å². The van der Waals surface area contributed by atoms with Crippen LogP contribution in [0.25, 0.3) is 0 Å². The van der Waals surface area contributed by atoms with E-state index in [0.29, 0.717) is 5.56 Å². The van der Waals surface area contributed by atoms with Crippen LogP contribution in [0, 0.1) is 5.92 Å². The van der Waals surface area contributed by atoms with Crippen molar-refractivity contribution in [1.29, 1.82) is 0 Å². The minimum Gasteiger partial charge on any atom is -0.478 e. The molecule has 148 valence electrons. The summed E-state index contributed by atoms with van der Waals surface area (Å²) in [6.07, 6.45) is -0.146. The van der Waals surface area contributed by atoms with Crippen LogP contribution in [0.3, 0.4) is 0 Å². The lowest BCUT2D eigenvalue weighted by atomic mass is 9.82. The first-order valence-electron chi connectivity index (χ1n) is 9.18. The first-order chi connectivity index (χ1) is 12.3. The molecule has 1 aliphatic rings. The quantitative estimate of drug-likeness (QED) is 0.422. The molecule has 1 heterocycles. The van der Waals surface area contributed by atoms with E-state index in [1.165, 1.54) is 12.1 Å². The highest BCUT2D eigenvalue weighted by Crippen LogP contribution is 2.39. The van der Waals surface area contributed by atoms with E-state index < -0.39 is 14.3 Å². The Bertz CT molecular complexity index is 753. The van der Waals surface area contributed by atoms with Crippen molar-refractivity contribution in [2.45, 2.75) is 64.4 Å². The van der Waals surface area contributed by atoms with Crippen LogP contribution in [0.5, 0.6) is 0 Å². The highest BCUT2D eigenvalue weighted by atomic mass is 28.4. The molecular weight excluding hydrogens is 362 g/mol. The van der Waals surface area contributed by atoms with Crippen molar-refractivity contribution in [3.63, 3.8) is 0 Å². The standard InChI is InChI=1S/C20H29NO5Si/c1-12(26-27(5,6)20(2,3)4)17-15(21-18(17)23)11-16(22)13-8-7-9-14(10-13)19(24)25/h7-10,12,15,17H,11H2,1-6H3,(H,21,23)(H,24,25)/t12-,15-,17-/m1/s1. The van der Waals surface area contributed by atoms with Gasteiger partial charge in [0.15, 0.2) is 14.1 Å². The van der Waals surface area contributed by atoms with Gasteiger partial charge >= 0.3 is 5.97 Å². The smallest absolute Gasteiger partial charge is 0.335 e. The fourth-order valence-electron chi connectivity index (χ4n) is 3.03. The number of nitrogens with one attached hydrogen (secondary N) is 1. The molecule has 1 aliphatic heterocycles. The summed E-state index contributed by atoms with van der Waals surface area (Å²) < 4.78 is 6.33. The Balaban J connectivity index is 2.07. The van der Waals surface area contributed by atoms with Crippen molar-refractivity contribution in [2.75, 3.05) is 0 Å². The Morgan fingerprint density at radius 2 is 1.85 bits per heavy atom. The second-order valence-corrected chi connectivity index (χ2v) is 13.5. The summed E-state index contributed by atoms with van der Waals surface area (Å²) in [5.41, 5.74) is 0.414. The van der Waals surface area contributed by atoms with Gasteiger partial charge in [-0.1, -0.05) is 32.9 Å². The largest absolute Gasteiger partial charge is 0.478 e. The summed E-state index contributed by atoms with van der Waals surface area (Å²) in [5.74, 6) is -1.73. The average Bonchev–Trinajstić information content (AvgIpc) is 2.52. The SMILES string of the molecule is C[C@@H](O[Si](C)(C)C(C)(C)C)[C@H]1C(=O)N[C@@H]1CC(=O)c1cccc(C(=O)O)c1. The van der Waals surface area contributed by atoms with Crippen molar-refractivity contribution in [1.82, 2.24) is 5.32 Å². The molecule has 1 aromatic rings. The van der Waals surface area contributed by atoms with Gasteiger partial charge in [-0.15, -0.1) is 0 Å². The van der Waals surface area contributed by atoms with Gasteiger partial charge in [0.25, 0.3) is 0 Å². The molecule has 1 aromatic carbocycles. The molecular formula is C20H29NO5Si. The van der Waals surface area contributed by atoms with E-state index in [1.54, 1.807) is 12.1 Å². The van der Waals surface area contributed by atoms with Crippen LogP contribution in [0.1, 0.15) is 54.8 Å². The lowest BCUT2D eigenvalue weighted by molar-refractivity contribution is -0.139. The minimum absolute atomic E-state index is 0.0318. The number of carbonyl (C=O) groups is 3. The fourth-order valence-corrected chi connectivity index (χ4v) is 4.46. The zero-order valence-corrected chi connectivity index (χ0v) is 17.8. The van der Waals surface area contributed by atoms with E-state index in [0.717, 1.165) is 0 Å². The number of aromatic carboxylic acids is 1. The summed E-state index contributed by atoms with van der Waals surface area (Å²) in [6.45, 7) is 12.6. The molecule has 27 heavy (non-hydrogen) atoms. The van der Waals surface area contributed by atoms with Crippen LogP contribution in [0.15, 0.2) is 24.3 Å². The summed E-state index contributed by atoms with van der Waals surface area (Å²) in [6, 6.07) is 5.67. The summed E-state index contributed by atoms with van der Waals surface area (Å²) in [5, 5.41) is 11.9. The van der Waals surface area contributed by atoms with Crippen molar-refractivity contribution >= 4 is 26.0 Å². The first kappa shape index (κ1) is 21.3.